The molecular weight excluding hydrogens is 346 g/mol. The van der Waals surface area contributed by atoms with Gasteiger partial charge in [-0.2, -0.15) is 8.78 Å². The summed E-state index contributed by atoms with van der Waals surface area (Å²) in [5.41, 5.74) is 6.15. The Bertz CT molecular complexity index is 502. The molecule has 0 saturated heterocycles. The molecule has 0 radical (unpaired) electrons. The van der Waals surface area contributed by atoms with E-state index in [1.165, 1.54) is 13.2 Å². The zero-order valence-corrected chi connectivity index (χ0v) is 14.4. The Morgan fingerprint density at radius 2 is 2.04 bits per heavy atom. The van der Waals surface area contributed by atoms with Gasteiger partial charge in [-0.05, 0) is 24.6 Å². The van der Waals surface area contributed by atoms with E-state index in [1.807, 2.05) is 0 Å². The maximum Gasteiger partial charge on any atom is 0.387 e. The Balaban J connectivity index is 0.00000529. The fourth-order valence-corrected chi connectivity index (χ4v) is 1.87. The highest BCUT2D eigenvalue weighted by atomic mass is 35.5. The first-order chi connectivity index (χ1) is 11.0. The van der Waals surface area contributed by atoms with Crippen molar-refractivity contribution in [2.75, 3.05) is 20.3 Å². The minimum absolute atomic E-state index is 0. The van der Waals surface area contributed by atoms with Crippen LogP contribution in [0.3, 0.4) is 0 Å². The molecule has 0 bridgehead atoms. The molecule has 0 aliphatic rings. The number of benzene rings is 1. The molecule has 1 aromatic carbocycles. The third kappa shape index (κ3) is 7.76. The van der Waals surface area contributed by atoms with Crippen molar-refractivity contribution in [1.29, 1.82) is 0 Å². The molecule has 1 aromatic rings. The predicted octanol–water partition coefficient (Wildman–Crippen LogP) is 2.09. The van der Waals surface area contributed by atoms with E-state index in [4.69, 9.17) is 15.2 Å². The van der Waals surface area contributed by atoms with Crippen LogP contribution < -0.4 is 20.5 Å². The summed E-state index contributed by atoms with van der Waals surface area (Å²) in [5.74, 6) is -0.0519. The topological polar surface area (TPSA) is 82.8 Å². The fourth-order valence-electron chi connectivity index (χ4n) is 1.87. The van der Waals surface area contributed by atoms with Gasteiger partial charge in [0.25, 0.3) is 0 Å². The molecule has 0 aliphatic carbocycles. The summed E-state index contributed by atoms with van der Waals surface area (Å²) < 4.78 is 39.3. The molecule has 1 amide bonds. The molecule has 1 unspecified atom stereocenters. The molecule has 0 aromatic heterocycles. The SMILES string of the molecule is CCOc1cc(CNC(=O)CC(CN)OC)ccc1OC(F)F.Cl. The van der Waals surface area contributed by atoms with Crippen molar-refractivity contribution in [1.82, 2.24) is 5.32 Å². The van der Waals surface area contributed by atoms with Crippen LogP contribution in [0.15, 0.2) is 18.2 Å². The first-order valence-corrected chi connectivity index (χ1v) is 7.20. The molecule has 0 saturated carbocycles. The van der Waals surface area contributed by atoms with Gasteiger partial charge in [0, 0.05) is 20.2 Å². The second-order valence-corrected chi connectivity index (χ2v) is 4.67. The smallest absolute Gasteiger partial charge is 0.387 e. The van der Waals surface area contributed by atoms with Crippen LogP contribution in [-0.2, 0) is 16.1 Å². The molecule has 0 fully saturated rings. The van der Waals surface area contributed by atoms with Gasteiger partial charge >= 0.3 is 6.61 Å². The zero-order chi connectivity index (χ0) is 17.2. The number of carbonyl (C=O) groups excluding carboxylic acids is 1. The highest BCUT2D eigenvalue weighted by molar-refractivity contribution is 5.85. The Labute approximate surface area is 146 Å². The van der Waals surface area contributed by atoms with Crippen LogP contribution in [0.25, 0.3) is 0 Å². The van der Waals surface area contributed by atoms with Crippen LogP contribution >= 0.6 is 12.4 Å². The van der Waals surface area contributed by atoms with E-state index in [2.05, 4.69) is 10.1 Å². The number of hydrogen-bond donors (Lipinski definition) is 2. The Hall–Kier alpha value is -1.64. The van der Waals surface area contributed by atoms with E-state index in [-0.39, 0.29) is 55.4 Å². The number of nitrogens with one attached hydrogen (secondary N) is 1. The molecule has 0 aliphatic heterocycles. The fraction of sp³-hybridized carbons (Fsp3) is 0.533. The van der Waals surface area contributed by atoms with E-state index >= 15 is 0 Å². The van der Waals surface area contributed by atoms with Gasteiger partial charge in [-0.1, -0.05) is 6.07 Å². The van der Waals surface area contributed by atoms with Crippen molar-refractivity contribution in [3.63, 3.8) is 0 Å². The highest BCUT2D eigenvalue weighted by Crippen LogP contribution is 2.29. The maximum absolute atomic E-state index is 12.3. The third-order valence-electron chi connectivity index (χ3n) is 3.02. The van der Waals surface area contributed by atoms with E-state index in [0.717, 1.165) is 0 Å². The second kappa shape index (κ2) is 11.8. The van der Waals surface area contributed by atoms with Gasteiger partial charge < -0.3 is 25.3 Å². The maximum atomic E-state index is 12.3. The number of alkyl halides is 2. The number of rotatable bonds is 10. The Kier molecular flexibility index (Phi) is 11.0. The summed E-state index contributed by atoms with van der Waals surface area (Å²) in [7, 11) is 1.49. The minimum Gasteiger partial charge on any atom is -0.490 e. The van der Waals surface area contributed by atoms with Crippen LogP contribution in [0.5, 0.6) is 11.5 Å². The molecule has 1 atom stereocenters. The van der Waals surface area contributed by atoms with Crippen LogP contribution in [0.4, 0.5) is 8.78 Å². The molecule has 138 valence electrons. The zero-order valence-electron chi connectivity index (χ0n) is 13.6. The summed E-state index contributed by atoms with van der Waals surface area (Å²) in [6.07, 6.45) is -0.187. The highest BCUT2D eigenvalue weighted by Gasteiger charge is 2.13. The average molecular weight is 369 g/mol. The summed E-state index contributed by atoms with van der Waals surface area (Å²) in [4.78, 5) is 11.8. The number of halogens is 3. The van der Waals surface area contributed by atoms with E-state index < -0.39 is 6.61 Å². The number of nitrogens with two attached hydrogens (primary N) is 1. The third-order valence-corrected chi connectivity index (χ3v) is 3.02. The number of hydrogen-bond acceptors (Lipinski definition) is 5. The molecule has 24 heavy (non-hydrogen) atoms. The summed E-state index contributed by atoms with van der Waals surface area (Å²) in [5, 5.41) is 2.71. The van der Waals surface area contributed by atoms with Crippen molar-refractivity contribution >= 4 is 18.3 Å². The minimum atomic E-state index is -2.93. The van der Waals surface area contributed by atoms with Gasteiger partial charge in [-0.3, -0.25) is 4.79 Å². The van der Waals surface area contributed by atoms with Gasteiger partial charge in [-0.25, -0.2) is 0 Å². The number of amides is 1. The van der Waals surface area contributed by atoms with E-state index in [0.29, 0.717) is 12.2 Å². The van der Waals surface area contributed by atoms with Crippen LogP contribution in [0.2, 0.25) is 0 Å². The number of carbonyl (C=O) groups is 1. The van der Waals surface area contributed by atoms with Gasteiger partial charge in [0.1, 0.15) is 0 Å². The Morgan fingerprint density at radius 1 is 1.33 bits per heavy atom. The lowest BCUT2D eigenvalue weighted by atomic mass is 10.2. The van der Waals surface area contributed by atoms with Crippen molar-refractivity contribution in [2.45, 2.75) is 32.6 Å². The molecule has 9 heteroatoms. The predicted molar refractivity (Wildman–Crippen MR) is 87.8 cm³/mol. The van der Waals surface area contributed by atoms with Crippen LogP contribution in [0, 0.1) is 0 Å². The largest absolute Gasteiger partial charge is 0.490 e. The van der Waals surface area contributed by atoms with Gasteiger partial charge in [0.2, 0.25) is 5.91 Å². The number of ether oxygens (including phenoxy) is 3. The normalized spacial score (nSPS) is 11.6. The van der Waals surface area contributed by atoms with Crippen molar-refractivity contribution < 1.29 is 27.8 Å². The lowest BCUT2D eigenvalue weighted by Gasteiger charge is -2.14. The van der Waals surface area contributed by atoms with E-state index in [1.54, 1.807) is 19.1 Å². The summed E-state index contributed by atoms with van der Waals surface area (Å²) in [6, 6.07) is 4.52. The quantitative estimate of drug-likeness (QED) is 0.660. The average Bonchev–Trinajstić information content (AvgIpc) is 2.52. The molecule has 6 nitrogen and oxygen atoms in total. The van der Waals surface area contributed by atoms with E-state index in [9.17, 15) is 13.6 Å². The molecule has 1 rings (SSSR count). The van der Waals surface area contributed by atoms with Crippen molar-refractivity contribution in [3.8, 4) is 11.5 Å². The summed E-state index contributed by atoms with van der Waals surface area (Å²) in [6.45, 7) is -0.408. The van der Waals surface area contributed by atoms with Gasteiger partial charge in [-0.15, -0.1) is 12.4 Å². The monoisotopic (exact) mass is 368 g/mol. The summed E-state index contributed by atoms with van der Waals surface area (Å²) >= 11 is 0. The molecule has 0 spiro atoms. The van der Waals surface area contributed by atoms with Gasteiger partial charge in [0.05, 0.1) is 19.1 Å². The first kappa shape index (κ1) is 22.4. The molecular formula is C15H23ClF2N2O4. The molecule has 0 heterocycles. The lowest BCUT2D eigenvalue weighted by Crippen LogP contribution is -2.31. The number of methoxy groups -OCH3 is 1. The first-order valence-electron chi connectivity index (χ1n) is 7.20. The van der Waals surface area contributed by atoms with Crippen molar-refractivity contribution in [2.24, 2.45) is 5.73 Å². The lowest BCUT2D eigenvalue weighted by molar-refractivity contribution is -0.123. The molecule has 3 N–H and O–H groups in total. The van der Waals surface area contributed by atoms with Crippen molar-refractivity contribution in [3.05, 3.63) is 23.8 Å². The standard InChI is InChI=1S/C15H22F2N2O4.ClH/c1-3-22-13-6-10(4-5-12(13)23-15(16)17)9-19-14(20)7-11(8-18)21-2;/h4-6,11,15H,3,7-9,18H2,1-2H3,(H,19,20);1H. The Morgan fingerprint density at radius 3 is 2.58 bits per heavy atom. The van der Waals surface area contributed by atoms with Crippen LogP contribution in [-0.4, -0.2) is 38.9 Å². The second-order valence-electron chi connectivity index (χ2n) is 4.67. The van der Waals surface area contributed by atoms with Gasteiger partial charge in [0.15, 0.2) is 11.5 Å². The van der Waals surface area contributed by atoms with Crippen LogP contribution in [0.1, 0.15) is 18.9 Å².